The molecule has 0 radical (unpaired) electrons. The zero-order valence-corrected chi connectivity index (χ0v) is 12.2. The van der Waals surface area contributed by atoms with E-state index in [1.807, 2.05) is 13.8 Å². The second kappa shape index (κ2) is 7.70. The number of hydrogen-bond acceptors (Lipinski definition) is 3. The van der Waals surface area contributed by atoms with Crippen LogP contribution in [0.4, 0.5) is 0 Å². The third-order valence-electron chi connectivity index (χ3n) is 3.42. The van der Waals surface area contributed by atoms with Crippen LogP contribution in [-0.4, -0.2) is 25.8 Å². The highest BCUT2D eigenvalue weighted by molar-refractivity contribution is 5.77. The average Bonchev–Trinajstić information content (AvgIpc) is 2.26. The van der Waals surface area contributed by atoms with Gasteiger partial charge in [-0.05, 0) is 25.2 Å². The van der Waals surface area contributed by atoms with Crippen molar-refractivity contribution in [3.8, 4) is 0 Å². The quantitative estimate of drug-likeness (QED) is 0.615. The van der Waals surface area contributed by atoms with Crippen molar-refractivity contribution in [2.24, 2.45) is 17.3 Å². The van der Waals surface area contributed by atoms with Crippen LogP contribution < -0.4 is 0 Å². The third kappa shape index (κ3) is 3.98. The van der Waals surface area contributed by atoms with E-state index in [-0.39, 0.29) is 17.8 Å². The van der Waals surface area contributed by atoms with Gasteiger partial charge in [-0.25, -0.2) is 0 Å². The molecule has 0 atom stereocenters. The van der Waals surface area contributed by atoms with Gasteiger partial charge in [-0.3, -0.25) is 4.79 Å². The fourth-order valence-corrected chi connectivity index (χ4v) is 2.13. The smallest absolute Gasteiger partial charge is 0.314 e. The molecule has 0 aromatic rings. The summed E-state index contributed by atoms with van der Waals surface area (Å²) in [6, 6.07) is 0. The fraction of sp³-hybridized carbons (Fsp3) is 0.929. The SMILES string of the molecule is CCCOC(=O)C(COCC)(C(C)C)C(C)C. The third-order valence-corrected chi connectivity index (χ3v) is 3.42. The second-order valence-electron chi connectivity index (χ2n) is 5.12. The van der Waals surface area contributed by atoms with E-state index >= 15 is 0 Å². The van der Waals surface area contributed by atoms with Crippen molar-refractivity contribution >= 4 is 5.97 Å². The van der Waals surface area contributed by atoms with Gasteiger partial charge < -0.3 is 9.47 Å². The maximum absolute atomic E-state index is 12.3. The van der Waals surface area contributed by atoms with Crippen LogP contribution in [0, 0.1) is 17.3 Å². The van der Waals surface area contributed by atoms with Crippen LogP contribution in [0.5, 0.6) is 0 Å². The lowest BCUT2D eigenvalue weighted by Gasteiger charge is -2.38. The van der Waals surface area contributed by atoms with Crippen molar-refractivity contribution in [1.29, 1.82) is 0 Å². The Morgan fingerprint density at radius 3 is 2.00 bits per heavy atom. The largest absolute Gasteiger partial charge is 0.465 e. The summed E-state index contributed by atoms with van der Waals surface area (Å²) in [5, 5.41) is 0. The van der Waals surface area contributed by atoms with Crippen LogP contribution in [0.3, 0.4) is 0 Å². The predicted octanol–water partition coefficient (Wildman–Crippen LogP) is 3.27. The number of carbonyl (C=O) groups excluding carboxylic acids is 1. The van der Waals surface area contributed by atoms with E-state index in [0.29, 0.717) is 19.8 Å². The molecular weight excluding hydrogens is 216 g/mol. The molecule has 3 nitrogen and oxygen atoms in total. The van der Waals surface area contributed by atoms with Gasteiger partial charge >= 0.3 is 5.97 Å². The van der Waals surface area contributed by atoms with E-state index in [9.17, 15) is 4.79 Å². The Morgan fingerprint density at radius 2 is 1.65 bits per heavy atom. The lowest BCUT2D eigenvalue weighted by Crippen LogP contribution is -2.46. The first-order valence-corrected chi connectivity index (χ1v) is 6.68. The first-order valence-electron chi connectivity index (χ1n) is 6.68. The van der Waals surface area contributed by atoms with Crippen LogP contribution in [-0.2, 0) is 14.3 Å². The minimum absolute atomic E-state index is 0.113. The Hall–Kier alpha value is -0.570. The molecule has 0 aliphatic carbocycles. The Morgan fingerprint density at radius 1 is 1.12 bits per heavy atom. The van der Waals surface area contributed by atoms with Gasteiger partial charge in [-0.2, -0.15) is 0 Å². The average molecular weight is 244 g/mol. The number of esters is 1. The summed E-state index contributed by atoms with van der Waals surface area (Å²) in [4.78, 5) is 12.3. The maximum atomic E-state index is 12.3. The summed E-state index contributed by atoms with van der Waals surface area (Å²) in [7, 11) is 0. The number of carbonyl (C=O) groups is 1. The number of rotatable bonds is 8. The first kappa shape index (κ1) is 16.4. The molecule has 3 heteroatoms. The van der Waals surface area contributed by atoms with E-state index in [1.54, 1.807) is 0 Å². The molecule has 0 aliphatic rings. The van der Waals surface area contributed by atoms with E-state index in [2.05, 4.69) is 27.7 Å². The lowest BCUT2D eigenvalue weighted by atomic mass is 9.69. The molecule has 0 rings (SSSR count). The van der Waals surface area contributed by atoms with Gasteiger partial charge in [0.1, 0.15) is 0 Å². The molecule has 0 fully saturated rings. The summed E-state index contributed by atoms with van der Waals surface area (Å²) >= 11 is 0. The maximum Gasteiger partial charge on any atom is 0.314 e. The molecule has 102 valence electrons. The van der Waals surface area contributed by atoms with Gasteiger partial charge in [0.25, 0.3) is 0 Å². The molecule has 0 unspecified atom stereocenters. The molecule has 0 amide bonds. The van der Waals surface area contributed by atoms with Crippen molar-refractivity contribution in [1.82, 2.24) is 0 Å². The Kier molecular flexibility index (Phi) is 7.44. The minimum atomic E-state index is -0.523. The second-order valence-corrected chi connectivity index (χ2v) is 5.12. The number of hydrogen-bond donors (Lipinski definition) is 0. The van der Waals surface area contributed by atoms with Gasteiger partial charge in [-0.15, -0.1) is 0 Å². The monoisotopic (exact) mass is 244 g/mol. The van der Waals surface area contributed by atoms with Crippen molar-refractivity contribution < 1.29 is 14.3 Å². The molecule has 0 N–H and O–H groups in total. The Bertz CT molecular complexity index is 214. The molecule has 0 aliphatic heterocycles. The van der Waals surface area contributed by atoms with Crippen LogP contribution in [0.2, 0.25) is 0 Å². The van der Waals surface area contributed by atoms with E-state index in [1.165, 1.54) is 0 Å². The predicted molar refractivity (Wildman–Crippen MR) is 69.9 cm³/mol. The lowest BCUT2D eigenvalue weighted by molar-refractivity contribution is -0.168. The zero-order valence-electron chi connectivity index (χ0n) is 12.2. The highest BCUT2D eigenvalue weighted by atomic mass is 16.5. The zero-order chi connectivity index (χ0) is 13.5. The Balaban J connectivity index is 4.95. The van der Waals surface area contributed by atoms with Crippen molar-refractivity contribution in [2.75, 3.05) is 19.8 Å². The first-order chi connectivity index (χ1) is 7.93. The summed E-state index contributed by atoms with van der Waals surface area (Å²) < 4.78 is 10.9. The fourth-order valence-electron chi connectivity index (χ4n) is 2.13. The molecule has 0 saturated carbocycles. The molecule has 0 bridgehead atoms. The van der Waals surface area contributed by atoms with E-state index in [4.69, 9.17) is 9.47 Å². The van der Waals surface area contributed by atoms with Gasteiger partial charge in [0.2, 0.25) is 0 Å². The van der Waals surface area contributed by atoms with Crippen molar-refractivity contribution in [3.05, 3.63) is 0 Å². The van der Waals surface area contributed by atoms with Crippen LogP contribution in [0.15, 0.2) is 0 Å². The summed E-state index contributed by atoms with van der Waals surface area (Å²) in [5.41, 5.74) is -0.523. The van der Waals surface area contributed by atoms with Crippen LogP contribution in [0.25, 0.3) is 0 Å². The van der Waals surface area contributed by atoms with Crippen LogP contribution in [0.1, 0.15) is 48.0 Å². The van der Waals surface area contributed by atoms with E-state index in [0.717, 1.165) is 6.42 Å². The molecular formula is C14H28O3. The van der Waals surface area contributed by atoms with E-state index < -0.39 is 5.41 Å². The van der Waals surface area contributed by atoms with Gasteiger partial charge in [0, 0.05) is 6.61 Å². The van der Waals surface area contributed by atoms with Crippen LogP contribution >= 0.6 is 0 Å². The topological polar surface area (TPSA) is 35.5 Å². The van der Waals surface area contributed by atoms with Gasteiger partial charge in [0.15, 0.2) is 0 Å². The number of ether oxygens (including phenoxy) is 2. The Labute approximate surface area is 106 Å². The molecule has 0 heterocycles. The normalized spacial score (nSPS) is 12.2. The molecule has 0 aromatic heterocycles. The molecule has 0 saturated heterocycles. The van der Waals surface area contributed by atoms with Crippen molar-refractivity contribution in [3.63, 3.8) is 0 Å². The van der Waals surface area contributed by atoms with Gasteiger partial charge in [0.05, 0.1) is 18.6 Å². The summed E-state index contributed by atoms with van der Waals surface area (Å²) in [5.74, 6) is 0.301. The molecule has 0 spiro atoms. The standard InChI is InChI=1S/C14H28O3/c1-7-9-17-13(15)14(11(3)4,12(5)6)10-16-8-2/h11-12H,7-10H2,1-6H3. The van der Waals surface area contributed by atoms with Crippen molar-refractivity contribution in [2.45, 2.75) is 48.0 Å². The molecule has 17 heavy (non-hydrogen) atoms. The minimum Gasteiger partial charge on any atom is -0.465 e. The summed E-state index contributed by atoms with van der Waals surface area (Å²) in [6.45, 7) is 13.8. The highest BCUT2D eigenvalue weighted by Gasteiger charge is 2.46. The highest BCUT2D eigenvalue weighted by Crippen LogP contribution is 2.37. The molecule has 0 aromatic carbocycles. The summed E-state index contributed by atoms with van der Waals surface area (Å²) in [6.07, 6.45) is 0.854. The van der Waals surface area contributed by atoms with Gasteiger partial charge in [-0.1, -0.05) is 34.6 Å².